The molecular formula is C18H18ClN3O3. The minimum absolute atomic E-state index is 0.0228. The number of nitro groups is 1. The molecule has 1 fully saturated rings. The van der Waals surface area contributed by atoms with Crippen LogP contribution in [0.3, 0.4) is 0 Å². The minimum atomic E-state index is -0.462. The molecule has 1 aliphatic heterocycles. The first kappa shape index (κ1) is 17.2. The molecule has 0 aromatic heterocycles. The van der Waals surface area contributed by atoms with E-state index in [-0.39, 0.29) is 11.6 Å². The van der Waals surface area contributed by atoms with Crippen LogP contribution in [-0.4, -0.2) is 41.9 Å². The number of hydrogen-bond acceptors (Lipinski definition) is 4. The highest BCUT2D eigenvalue weighted by Gasteiger charge is 2.23. The lowest BCUT2D eigenvalue weighted by molar-refractivity contribution is -0.384. The van der Waals surface area contributed by atoms with Crippen LogP contribution in [0.1, 0.15) is 5.56 Å². The van der Waals surface area contributed by atoms with Crippen molar-refractivity contribution in [2.24, 2.45) is 0 Å². The summed E-state index contributed by atoms with van der Waals surface area (Å²) in [5.74, 6) is 0.112. The molecule has 0 atom stereocenters. The summed E-state index contributed by atoms with van der Waals surface area (Å²) < 4.78 is 0. The predicted octanol–water partition coefficient (Wildman–Crippen LogP) is 3.14. The van der Waals surface area contributed by atoms with Crippen molar-refractivity contribution in [1.82, 2.24) is 4.90 Å². The number of hydrogen-bond donors (Lipinski definition) is 0. The molecule has 0 N–H and O–H groups in total. The molecule has 2 aromatic rings. The molecule has 2 aromatic carbocycles. The van der Waals surface area contributed by atoms with Crippen LogP contribution in [0.2, 0.25) is 5.02 Å². The maximum Gasteiger partial charge on any atom is 0.271 e. The van der Waals surface area contributed by atoms with Gasteiger partial charge in [0.1, 0.15) is 0 Å². The number of benzene rings is 2. The van der Waals surface area contributed by atoms with Crippen LogP contribution in [0.25, 0.3) is 0 Å². The van der Waals surface area contributed by atoms with E-state index >= 15 is 0 Å². The highest BCUT2D eigenvalue weighted by molar-refractivity contribution is 6.33. The van der Waals surface area contributed by atoms with Gasteiger partial charge in [0.05, 0.1) is 22.1 Å². The van der Waals surface area contributed by atoms with Crippen molar-refractivity contribution in [2.75, 3.05) is 31.1 Å². The molecule has 0 spiro atoms. The highest BCUT2D eigenvalue weighted by Crippen LogP contribution is 2.30. The fourth-order valence-electron chi connectivity index (χ4n) is 2.94. The van der Waals surface area contributed by atoms with Crippen molar-refractivity contribution in [3.8, 4) is 0 Å². The molecule has 0 aliphatic carbocycles. The molecular weight excluding hydrogens is 342 g/mol. The summed E-state index contributed by atoms with van der Waals surface area (Å²) in [4.78, 5) is 26.6. The van der Waals surface area contributed by atoms with Crippen LogP contribution < -0.4 is 4.90 Å². The first-order chi connectivity index (χ1) is 12.0. The van der Waals surface area contributed by atoms with Gasteiger partial charge in [0.25, 0.3) is 5.69 Å². The van der Waals surface area contributed by atoms with E-state index in [1.807, 2.05) is 35.2 Å². The number of halogens is 1. The van der Waals surface area contributed by atoms with Gasteiger partial charge >= 0.3 is 0 Å². The summed E-state index contributed by atoms with van der Waals surface area (Å²) in [6.07, 6.45) is 0.402. The zero-order valence-electron chi connectivity index (χ0n) is 13.6. The fourth-order valence-corrected chi connectivity index (χ4v) is 3.24. The van der Waals surface area contributed by atoms with E-state index in [1.54, 1.807) is 6.07 Å². The number of nitrogens with zero attached hydrogens (tertiary/aromatic N) is 3. The normalized spacial score (nSPS) is 14.4. The van der Waals surface area contributed by atoms with Gasteiger partial charge in [-0.25, -0.2) is 0 Å². The third-order valence-corrected chi connectivity index (χ3v) is 4.62. The van der Waals surface area contributed by atoms with Crippen LogP contribution >= 0.6 is 11.6 Å². The Hall–Kier alpha value is -2.60. The second-order valence-electron chi connectivity index (χ2n) is 5.92. The average Bonchev–Trinajstić information content (AvgIpc) is 2.62. The average molecular weight is 360 g/mol. The number of rotatable bonds is 4. The van der Waals surface area contributed by atoms with E-state index in [1.165, 1.54) is 12.1 Å². The van der Waals surface area contributed by atoms with Gasteiger partial charge in [0, 0.05) is 38.3 Å². The van der Waals surface area contributed by atoms with Crippen LogP contribution in [0.15, 0.2) is 48.5 Å². The lowest BCUT2D eigenvalue weighted by Gasteiger charge is -2.36. The Labute approximate surface area is 150 Å². The number of nitro benzene ring substituents is 1. The minimum Gasteiger partial charge on any atom is -0.367 e. The zero-order chi connectivity index (χ0) is 17.8. The summed E-state index contributed by atoms with van der Waals surface area (Å²) in [5, 5.41) is 11.2. The summed E-state index contributed by atoms with van der Waals surface area (Å²) in [5.41, 5.74) is 1.75. The lowest BCUT2D eigenvalue weighted by Crippen LogP contribution is -2.49. The predicted molar refractivity (Wildman–Crippen MR) is 97.0 cm³/mol. The summed E-state index contributed by atoms with van der Waals surface area (Å²) >= 11 is 6.19. The SMILES string of the molecule is O=C(Cc1ccccc1)N1CCN(c2ccc([N+](=O)[O-])cc2Cl)CC1. The van der Waals surface area contributed by atoms with Crippen molar-refractivity contribution < 1.29 is 9.72 Å². The second-order valence-corrected chi connectivity index (χ2v) is 6.33. The Bertz CT molecular complexity index is 774. The molecule has 0 radical (unpaired) electrons. The summed E-state index contributed by atoms with van der Waals surface area (Å²) in [7, 11) is 0. The highest BCUT2D eigenvalue weighted by atomic mass is 35.5. The van der Waals surface area contributed by atoms with E-state index in [0.717, 1.165) is 11.3 Å². The van der Waals surface area contributed by atoms with Gasteiger partial charge in [-0.15, -0.1) is 0 Å². The molecule has 7 heteroatoms. The zero-order valence-corrected chi connectivity index (χ0v) is 14.4. The van der Waals surface area contributed by atoms with E-state index in [4.69, 9.17) is 11.6 Å². The number of non-ortho nitro benzene ring substituents is 1. The van der Waals surface area contributed by atoms with E-state index in [0.29, 0.717) is 37.6 Å². The second kappa shape index (κ2) is 7.53. The number of anilines is 1. The molecule has 1 heterocycles. The Morgan fingerprint density at radius 3 is 2.36 bits per heavy atom. The standard InChI is InChI=1S/C18H18ClN3O3/c19-16-13-15(22(24)25)6-7-17(16)20-8-10-21(11-9-20)18(23)12-14-4-2-1-3-5-14/h1-7,13H,8-12H2. The molecule has 1 amide bonds. The molecule has 3 rings (SSSR count). The van der Waals surface area contributed by atoms with Gasteiger partial charge in [-0.3, -0.25) is 14.9 Å². The first-order valence-electron chi connectivity index (χ1n) is 8.05. The van der Waals surface area contributed by atoms with Gasteiger partial charge in [-0.2, -0.15) is 0 Å². The van der Waals surface area contributed by atoms with Gasteiger partial charge in [-0.05, 0) is 11.6 Å². The molecule has 1 aliphatic rings. The molecule has 0 bridgehead atoms. The van der Waals surface area contributed by atoms with Crippen LogP contribution in [0, 0.1) is 10.1 Å². The number of carbonyl (C=O) groups is 1. The Morgan fingerprint density at radius 1 is 1.08 bits per heavy atom. The van der Waals surface area contributed by atoms with Crippen molar-refractivity contribution in [3.05, 3.63) is 69.2 Å². The largest absolute Gasteiger partial charge is 0.367 e. The molecule has 0 saturated carbocycles. The maximum absolute atomic E-state index is 12.4. The van der Waals surface area contributed by atoms with Crippen molar-refractivity contribution in [1.29, 1.82) is 0 Å². The monoisotopic (exact) mass is 359 g/mol. The number of amides is 1. The van der Waals surface area contributed by atoms with Crippen molar-refractivity contribution in [2.45, 2.75) is 6.42 Å². The third kappa shape index (κ3) is 4.09. The smallest absolute Gasteiger partial charge is 0.271 e. The quantitative estimate of drug-likeness (QED) is 0.621. The molecule has 1 saturated heterocycles. The number of piperazine rings is 1. The van der Waals surface area contributed by atoms with Crippen LogP contribution in [0.4, 0.5) is 11.4 Å². The van der Waals surface area contributed by atoms with Gasteiger partial charge in [-0.1, -0.05) is 41.9 Å². The lowest BCUT2D eigenvalue weighted by atomic mass is 10.1. The Morgan fingerprint density at radius 2 is 1.76 bits per heavy atom. The molecule has 25 heavy (non-hydrogen) atoms. The van der Waals surface area contributed by atoms with Crippen molar-refractivity contribution in [3.63, 3.8) is 0 Å². The Balaban J connectivity index is 1.60. The van der Waals surface area contributed by atoms with Crippen molar-refractivity contribution >= 4 is 28.9 Å². The number of carbonyl (C=O) groups excluding carboxylic acids is 1. The molecule has 130 valence electrons. The van der Waals surface area contributed by atoms with Gasteiger partial charge in [0.2, 0.25) is 5.91 Å². The maximum atomic E-state index is 12.4. The summed E-state index contributed by atoms with van der Waals surface area (Å²) in [6.45, 7) is 2.52. The van der Waals surface area contributed by atoms with E-state index in [9.17, 15) is 14.9 Å². The van der Waals surface area contributed by atoms with Gasteiger partial charge in [0.15, 0.2) is 0 Å². The molecule has 6 nitrogen and oxygen atoms in total. The Kier molecular flexibility index (Phi) is 5.19. The van der Waals surface area contributed by atoms with Crippen LogP contribution in [-0.2, 0) is 11.2 Å². The van der Waals surface area contributed by atoms with E-state index in [2.05, 4.69) is 4.90 Å². The van der Waals surface area contributed by atoms with E-state index < -0.39 is 4.92 Å². The third-order valence-electron chi connectivity index (χ3n) is 4.31. The van der Waals surface area contributed by atoms with Gasteiger partial charge < -0.3 is 9.80 Å². The van der Waals surface area contributed by atoms with Crippen LogP contribution in [0.5, 0.6) is 0 Å². The fraction of sp³-hybridized carbons (Fsp3) is 0.278. The first-order valence-corrected chi connectivity index (χ1v) is 8.43. The summed E-state index contributed by atoms with van der Waals surface area (Å²) in [6, 6.07) is 14.2. The topological polar surface area (TPSA) is 66.7 Å². The molecule has 0 unspecified atom stereocenters.